The number of nitrogens with zero attached hydrogens (tertiary/aromatic N) is 2. The number of amides is 1. The Labute approximate surface area is 121 Å². The van der Waals surface area contributed by atoms with Crippen molar-refractivity contribution in [3.8, 4) is 0 Å². The maximum atomic E-state index is 12.6. The van der Waals surface area contributed by atoms with Crippen molar-refractivity contribution in [2.24, 2.45) is 0 Å². The fraction of sp³-hybridized carbons (Fsp3) is 0.562. The number of carbonyl (C=O) groups excluding carboxylic acids is 1. The molecule has 0 aromatic heterocycles. The van der Waals surface area contributed by atoms with Crippen LogP contribution in [0.15, 0.2) is 18.2 Å². The van der Waals surface area contributed by atoms with Gasteiger partial charge in [-0.05, 0) is 57.2 Å². The van der Waals surface area contributed by atoms with Crippen LogP contribution in [0.4, 0.5) is 0 Å². The first-order valence-electron chi connectivity index (χ1n) is 7.31. The van der Waals surface area contributed by atoms with E-state index in [2.05, 4.69) is 30.4 Å². The summed E-state index contributed by atoms with van der Waals surface area (Å²) in [6, 6.07) is 6.08. The summed E-state index contributed by atoms with van der Waals surface area (Å²) >= 11 is 0. The average Bonchev–Trinajstić information content (AvgIpc) is 2.45. The Balaban J connectivity index is 2.05. The minimum absolute atomic E-state index is 0.155. The van der Waals surface area contributed by atoms with E-state index in [9.17, 15) is 4.79 Å². The van der Waals surface area contributed by atoms with Crippen molar-refractivity contribution in [3.05, 3.63) is 34.9 Å². The highest BCUT2D eigenvalue weighted by atomic mass is 16.2. The second-order valence-electron chi connectivity index (χ2n) is 5.75. The normalized spacial score (nSPS) is 14.2. The van der Waals surface area contributed by atoms with Crippen molar-refractivity contribution >= 4 is 5.91 Å². The summed E-state index contributed by atoms with van der Waals surface area (Å²) in [6.45, 7) is 3.65. The number of benzene rings is 1. The lowest BCUT2D eigenvalue weighted by atomic mass is 9.95. The van der Waals surface area contributed by atoms with Gasteiger partial charge >= 0.3 is 0 Å². The van der Waals surface area contributed by atoms with Crippen molar-refractivity contribution in [1.82, 2.24) is 15.1 Å². The van der Waals surface area contributed by atoms with Gasteiger partial charge in [-0.25, -0.2) is 0 Å². The van der Waals surface area contributed by atoms with E-state index in [-0.39, 0.29) is 5.91 Å². The lowest BCUT2D eigenvalue weighted by Gasteiger charge is -2.23. The van der Waals surface area contributed by atoms with Crippen LogP contribution in [0.5, 0.6) is 0 Å². The van der Waals surface area contributed by atoms with Gasteiger partial charge in [0.15, 0.2) is 0 Å². The number of rotatable bonds is 5. The quantitative estimate of drug-likeness (QED) is 0.881. The highest BCUT2D eigenvalue weighted by Gasteiger charge is 2.19. The molecule has 0 fully saturated rings. The Bertz CT molecular complexity index is 471. The van der Waals surface area contributed by atoms with E-state index in [1.165, 1.54) is 11.1 Å². The summed E-state index contributed by atoms with van der Waals surface area (Å²) in [5.74, 6) is 0.155. The summed E-state index contributed by atoms with van der Waals surface area (Å²) in [6.07, 6.45) is 1.95. The Hall–Kier alpha value is -1.39. The van der Waals surface area contributed by atoms with Crippen LogP contribution in [0.2, 0.25) is 0 Å². The van der Waals surface area contributed by atoms with E-state index in [1.54, 1.807) is 0 Å². The molecule has 0 atom stereocenters. The zero-order valence-corrected chi connectivity index (χ0v) is 12.8. The number of hydrogen-bond acceptors (Lipinski definition) is 3. The fourth-order valence-corrected chi connectivity index (χ4v) is 2.66. The van der Waals surface area contributed by atoms with E-state index < -0.39 is 0 Å². The summed E-state index contributed by atoms with van der Waals surface area (Å²) in [5, 5.41) is 3.35. The molecule has 0 bridgehead atoms. The molecule has 110 valence electrons. The first-order valence-corrected chi connectivity index (χ1v) is 7.31. The summed E-state index contributed by atoms with van der Waals surface area (Å²) in [7, 11) is 6.02. The van der Waals surface area contributed by atoms with Gasteiger partial charge in [-0.2, -0.15) is 0 Å². The Morgan fingerprint density at radius 3 is 2.80 bits per heavy atom. The molecular weight excluding hydrogens is 250 g/mol. The van der Waals surface area contributed by atoms with E-state index in [0.717, 1.165) is 44.6 Å². The minimum atomic E-state index is 0.155. The van der Waals surface area contributed by atoms with Gasteiger partial charge in [0.2, 0.25) is 0 Å². The van der Waals surface area contributed by atoms with Gasteiger partial charge in [0.1, 0.15) is 0 Å². The maximum absolute atomic E-state index is 12.6. The Morgan fingerprint density at radius 1 is 1.25 bits per heavy atom. The molecular formula is C16H25N3O. The molecule has 1 N–H and O–H groups in total. The van der Waals surface area contributed by atoms with Gasteiger partial charge in [0.05, 0.1) is 0 Å². The third-order valence-electron chi connectivity index (χ3n) is 3.82. The number of hydrogen-bond donors (Lipinski definition) is 1. The molecule has 1 aromatic rings. The largest absolute Gasteiger partial charge is 0.342 e. The zero-order chi connectivity index (χ0) is 14.5. The molecule has 0 unspecified atom stereocenters. The third kappa shape index (κ3) is 3.58. The van der Waals surface area contributed by atoms with Crippen molar-refractivity contribution in [2.75, 3.05) is 40.8 Å². The van der Waals surface area contributed by atoms with Gasteiger partial charge in [0, 0.05) is 25.7 Å². The van der Waals surface area contributed by atoms with E-state index in [1.807, 2.05) is 24.1 Å². The summed E-state index contributed by atoms with van der Waals surface area (Å²) < 4.78 is 0. The predicted molar refractivity (Wildman–Crippen MR) is 82.0 cm³/mol. The van der Waals surface area contributed by atoms with E-state index >= 15 is 0 Å². The summed E-state index contributed by atoms with van der Waals surface area (Å²) in [4.78, 5) is 16.6. The molecule has 0 radical (unpaired) electrons. The second kappa shape index (κ2) is 6.86. The number of fused-ring (bicyclic) bond motifs is 1. The Morgan fingerprint density at radius 2 is 2.05 bits per heavy atom. The zero-order valence-electron chi connectivity index (χ0n) is 12.8. The molecule has 1 amide bonds. The van der Waals surface area contributed by atoms with Crippen LogP contribution in [0.3, 0.4) is 0 Å². The number of carbonyl (C=O) groups is 1. The minimum Gasteiger partial charge on any atom is -0.342 e. The lowest BCUT2D eigenvalue weighted by molar-refractivity contribution is 0.0789. The molecule has 0 saturated carbocycles. The van der Waals surface area contributed by atoms with Crippen molar-refractivity contribution in [2.45, 2.75) is 19.4 Å². The number of nitrogens with one attached hydrogen (secondary N) is 1. The topological polar surface area (TPSA) is 35.6 Å². The molecule has 1 heterocycles. The molecule has 0 saturated heterocycles. The molecule has 4 nitrogen and oxygen atoms in total. The fourth-order valence-electron chi connectivity index (χ4n) is 2.66. The molecule has 0 spiro atoms. The molecule has 1 aromatic carbocycles. The van der Waals surface area contributed by atoms with Crippen LogP contribution >= 0.6 is 0 Å². The lowest BCUT2D eigenvalue weighted by Crippen LogP contribution is -2.32. The van der Waals surface area contributed by atoms with Gasteiger partial charge in [-0.1, -0.05) is 12.1 Å². The molecule has 20 heavy (non-hydrogen) atoms. The van der Waals surface area contributed by atoms with Crippen LogP contribution in [0.25, 0.3) is 0 Å². The molecule has 4 heteroatoms. The molecule has 2 rings (SSSR count). The first-order chi connectivity index (χ1) is 9.59. The van der Waals surface area contributed by atoms with Crippen LogP contribution in [-0.2, 0) is 13.0 Å². The van der Waals surface area contributed by atoms with Crippen molar-refractivity contribution in [1.29, 1.82) is 0 Å². The molecule has 0 aliphatic carbocycles. The van der Waals surface area contributed by atoms with Crippen molar-refractivity contribution in [3.63, 3.8) is 0 Å². The molecule has 1 aliphatic rings. The van der Waals surface area contributed by atoms with E-state index in [0.29, 0.717) is 0 Å². The average molecular weight is 275 g/mol. The Kier molecular flexibility index (Phi) is 5.15. The standard InChI is InChI=1S/C16H25N3O/c1-18(2)10-5-11-19(3)16(20)15-7-4-6-13-12-17-9-8-14(13)15/h4,6-7,17H,5,8-12H2,1-3H3. The highest BCUT2D eigenvalue weighted by molar-refractivity contribution is 5.96. The molecule has 1 aliphatic heterocycles. The van der Waals surface area contributed by atoms with Gasteiger partial charge < -0.3 is 15.1 Å². The smallest absolute Gasteiger partial charge is 0.253 e. The van der Waals surface area contributed by atoms with Crippen LogP contribution in [-0.4, -0.2) is 56.5 Å². The highest BCUT2D eigenvalue weighted by Crippen LogP contribution is 2.20. The van der Waals surface area contributed by atoms with Crippen LogP contribution in [0, 0.1) is 0 Å². The summed E-state index contributed by atoms with van der Waals surface area (Å²) in [5.41, 5.74) is 3.39. The van der Waals surface area contributed by atoms with Gasteiger partial charge in [-0.15, -0.1) is 0 Å². The van der Waals surface area contributed by atoms with Gasteiger partial charge in [0.25, 0.3) is 5.91 Å². The second-order valence-corrected chi connectivity index (χ2v) is 5.75. The predicted octanol–water partition coefficient (Wildman–Crippen LogP) is 1.36. The van der Waals surface area contributed by atoms with Crippen molar-refractivity contribution < 1.29 is 4.79 Å². The third-order valence-corrected chi connectivity index (χ3v) is 3.82. The maximum Gasteiger partial charge on any atom is 0.253 e. The first kappa shape index (κ1) is 15.0. The SMILES string of the molecule is CN(C)CCCN(C)C(=O)c1cccc2c1CCNC2. The van der Waals surface area contributed by atoms with Crippen LogP contribution in [0.1, 0.15) is 27.9 Å². The van der Waals surface area contributed by atoms with Gasteiger partial charge in [-0.3, -0.25) is 4.79 Å². The van der Waals surface area contributed by atoms with Crippen LogP contribution < -0.4 is 5.32 Å². The van der Waals surface area contributed by atoms with E-state index in [4.69, 9.17) is 0 Å². The monoisotopic (exact) mass is 275 g/mol.